The number of aliphatic hydroxyl groups is 1. The maximum Gasteiger partial charge on any atom is 0.150 e. The molecule has 4 heteroatoms. The first-order valence-corrected chi connectivity index (χ1v) is 8.86. The Kier molecular flexibility index (Phi) is 3.39. The maximum absolute atomic E-state index is 11.5. The number of hydrogen-bond donors (Lipinski definition) is 1. The van der Waals surface area contributed by atoms with Crippen LogP contribution in [0.2, 0.25) is 0 Å². The summed E-state index contributed by atoms with van der Waals surface area (Å²) in [5, 5.41) is 10.4. The molecule has 1 heterocycles. The number of benzene rings is 1. The Bertz CT molecular complexity index is 561. The van der Waals surface area contributed by atoms with Crippen LogP contribution < -0.4 is 0 Å². The third-order valence-corrected chi connectivity index (χ3v) is 6.34. The van der Waals surface area contributed by atoms with Crippen molar-refractivity contribution >= 4 is 9.84 Å². The van der Waals surface area contributed by atoms with Gasteiger partial charge in [0, 0.05) is 5.92 Å². The zero-order valence-corrected chi connectivity index (χ0v) is 11.8. The Hall–Kier alpha value is -0.870. The summed E-state index contributed by atoms with van der Waals surface area (Å²) in [6.45, 7) is 0. The molecule has 104 valence electrons. The number of rotatable bonds is 3. The predicted octanol–water partition coefficient (Wildman–Crippen LogP) is 2.42. The second-order valence-corrected chi connectivity index (χ2v) is 8.13. The monoisotopic (exact) mass is 280 g/mol. The van der Waals surface area contributed by atoms with Crippen molar-refractivity contribution in [2.45, 2.75) is 37.7 Å². The molecular weight excluding hydrogens is 260 g/mol. The van der Waals surface area contributed by atoms with E-state index in [0.29, 0.717) is 12.3 Å². The van der Waals surface area contributed by atoms with Crippen molar-refractivity contribution in [3.05, 3.63) is 35.4 Å². The molecule has 1 saturated carbocycles. The predicted molar refractivity (Wildman–Crippen MR) is 74.8 cm³/mol. The molecule has 1 N–H and O–H groups in total. The maximum atomic E-state index is 11.5. The summed E-state index contributed by atoms with van der Waals surface area (Å²) in [6.07, 6.45) is 3.70. The van der Waals surface area contributed by atoms with Gasteiger partial charge in [0.1, 0.15) is 0 Å². The molecule has 3 rings (SSSR count). The fraction of sp³-hybridized carbons (Fsp3) is 0.600. The summed E-state index contributed by atoms with van der Waals surface area (Å²) in [5.74, 6) is 0.847. The molecule has 1 aromatic rings. The molecular formula is C15H20O3S. The molecule has 2 unspecified atom stereocenters. The highest BCUT2D eigenvalue weighted by atomic mass is 32.2. The summed E-state index contributed by atoms with van der Waals surface area (Å²) in [4.78, 5) is 0. The zero-order chi connectivity index (χ0) is 13.5. The Morgan fingerprint density at radius 3 is 2.58 bits per heavy atom. The summed E-state index contributed by atoms with van der Waals surface area (Å²) in [5.41, 5.74) is 2.18. The molecule has 0 aromatic heterocycles. The van der Waals surface area contributed by atoms with Crippen LogP contribution in [0.4, 0.5) is 0 Å². The van der Waals surface area contributed by atoms with E-state index in [0.717, 1.165) is 5.56 Å². The van der Waals surface area contributed by atoms with Gasteiger partial charge in [0.05, 0.1) is 17.6 Å². The van der Waals surface area contributed by atoms with Crippen molar-refractivity contribution in [3.63, 3.8) is 0 Å². The minimum Gasteiger partial charge on any atom is -0.388 e. The van der Waals surface area contributed by atoms with Crippen LogP contribution >= 0.6 is 0 Å². The van der Waals surface area contributed by atoms with Gasteiger partial charge < -0.3 is 5.11 Å². The molecule has 19 heavy (non-hydrogen) atoms. The quantitative estimate of drug-likeness (QED) is 0.925. The lowest BCUT2D eigenvalue weighted by Crippen LogP contribution is -2.15. The molecule has 1 saturated heterocycles. The average Bonchev–Trinajstić information content (AvgIpc) is 2.67. The Morgan fingerprint density at radius 1 is 1.21 bits per heavy atom. The van der Waals surface area contributed by atoms with Crippen LogP contribution in [-0.2, 0) is 9.84 Å². The molecule has 0 radical (unpaired) electrons. The first-order chi connectivity index (χ1) is 9.05. The molecule has 2 atom stereocenters. The van der Waals surface area contributed by atoms with Crippen molar-refractivity contribution < 1.29 is 13.5 Å². The Morgan fingerprint density at radius 2 is 2.00 bits per heavy atom. The van der Waals surface area contributed by atoms with Gasteiger partial charge in [0.25, 0.3) is 0 Å². The molecule has 3 nitrogen and oxygen atoms in total. The molecule has 0 amide bonds. The average molecular weight is 280 g/mol. The van der Waals surface area contributed by atoms with Crippen LogP contribution in [0, 0.1) is 5.92 Å². The van der Waals surface area contributed by atoms with Crippen molar-refractivity contribution in [1.82, 2.24) is 0 Å². The van der Waals surface area contributed by atoms with Crippen LogP contribution in [0.3, 0.4) is 0 Å². The molecule has 1 aliphatic carbocycles. The standard InChI is InChI=1S/C15H20O3S/c16-15(14-7-8-19(17,18)10-14)13-6-2-5-12(9-13)11-3-1-4-11/h2,5-6,9,11,14-16H,1,3-4,7-8,10H2. The fourth-order valence-electron chi connectivity index (χ4n) is 3.08. The molecule has 1 aromatic carbocycles. The van der Waals surface area contributed by atoms with E-state index in [1.165, 1.54) is 24.8 Å². The minimum atomic E-state index is -2.93. The third kappa shape index (κ3) is 2.70. The van der Waals surface area contributed by atoms with Crippen molar-refractivity contribution in [2.24, 2.45) is 5.92 Å². The summed E-state index contributed by atoms with van der Waals surface area (Å²) >= 11 is 0. The highest BCUT2D eigenvalue weighted by Gasteiger charge is 2.33. The van der Waals surface area contributed by atoms with Gasteiger partial charge in [-0.1, -0.05) is 30.7 Å². The first kappa shape index (κ1) is 13.1. The van der Waals surface area contributed by atoms with E-state index in [2.05, 4.69) is 12.1 Å². The lowest BCUT2D eigenvalue weighted by molar-refractivity contribution is 0.121. The van der Waals surface area contributed by atoms with E-state index < -0.39 is 15.9 Å². The van der Waals surface area contributed by atoms with Gasteiger partial charge in [0.2, 0.25) is 0 Å². The number of sulfone groups is 1. The van der Waals surface area contributed by atoms with Gasteiger partial charge in [-0.25, -0.2) is 8.42 Å². The first-order valence-electron chi connectivity index (χ1n) is 7.03. The topological polar surface area (TPSA) is 54.4 Å². The van der Waals surface area contributed by atoms with E-state index >= 15 is 0 Å². The van der Waals surface area contributed by atoms with Crippen LogP contribution in [0.15, 0.2) is 24.3 Å². The molecule has 2 aliphatic rings. The van der Waals surface area contributed by atoms with Gasteiger partial charge in [0.15, 0.2) is 9.84 Å². The van der Waals surface area contributed by atoms with E-state index in [4.69, 9.17) is 0 Å². The van der Waals surface area contributed by atoms with Gasteiger partial charge in [-0.3, -0.25) is 0 Å². The lowest BCUT2D eigenvalue weighted by atomic mass is 9.79. The van der Waals surface area contributed by atoms with Crippen LogP contribution in [0.5, 0.6) is 0 Å². The fourth-order valence-corrected chi connectivity index (χ4v) is 4.91. The number of aliphatic hydroxyl groups excluding tert-OH is 1. The SMILES string of the molecule is O=S1(=O)CCC(C(O)c2cccc(C3CCC3)c2)C1. The van der Waals surface area contributed by atoms with E-state index in [1.807, 2.05) is 12.1 Å². The third-order valence-electron chi connectivity index (χ3n) is 4.54. The van der Waals surface area contributed by atoms with Crippen molar-refractivity contribution in [3.8, 4) is 0 Å². The molecule has 0 bridgehead atoms. The second kappa shape index (κ2) is 4.91. The Labute approximate surface area is 114 Å². The van der Waals surface area contributed by atoms with Gasteiger partial charge in [-0.2, -0.15) is 0 Å². The van der Waals surface area contributed by atoms with Gasteiger partial charge in [-0.05, 0) is 36.3 Å². The Balaban J connectivity index is 1.78. The van der Waals surface area contributed by atoms with Crippen LogP contribution in [0.1, 0.15) is 48.8 Å². The summed E-state index contributed by atoms with van der Waals surface area (Å²) in [6, 6.07) is 8.08. The van der Waals surface area contributed by atoms with Crippen molar-refractivity contribution in [1.29, 1.82) is 0 Å². The molecule has 0 spiro atoms. The summed E-state index contributed by atoms with van der Waals surface area (Å²) < 4.78 is 23.0. The van der Waals surface area contributed by atoms with Crippen molar-refractivity contribution in [2.75, 3.05) is 11.5 Å². The van der Waals surface area contributed by atoms with Gasteiger partial charge in [-0.15, -0.1) is 0 Å². The van der Waals surface area contributed by atoms with E-state index in [-0.39, 0.29) is 17.4 Å². The number of hydrogen-bond acceptors (Lipinski definition) is 3. The molecule has 2 fully saturated rings. The van der Waals surface area contributed by atoms with Crippen LogP contribution in [-0.4, -0.2) is 25.0 Å². The second-order valence-electron chi connectivity index (χ2n) is 5.91. The molecule has 1 aliphatic heterocycles. The van der Waals surface area contributed by atoms with Crippen LogP contribution in [0.25, 0.3) is 0 Å². The highest BCUT2D eigenvalue weighted by molar-refractivity contribution is 7.91. The van der Waals surface area contributed by atoms with E-state index in [9.17, 15) is 13.5 Å². The minimum absolute atomic E-state index is 0.127. The lowest BCUT2D eigenvalue weighted by Gasteiger charge is -2.27. The normalized spacial score (nSPS) is 27.9. The largest absolute Gasteiger partial charge is 0.388 e. The highest BCUT2D eigenvalue weighted by Crippen LogP contribution is 2.38. The van der Waals surface area contributed by atoms with E-state index in [1.54, 1.807) is 0 Å². The summed E-state index contributed by atoms with van der Waals surface area (Å²) in [7, 11) is -2.93. The van der Waals surface area contributed by atoms with Gasteiger partial charge >= 0.3 is 0 Å². The smallest absolute Gasteiger partial charge is 0.150 e. The zero-order valence-electron chi connectivity index (χ0n) is 11.0.